The van der Waals surface area contributed by atoms with Gasteiger partial charge in [0.25, 0.3) is 5.91 Å². The molecule has 1 atom stereocenters. The molecule has 32 heavy (non-hydrogen) atoms. The Labute approximate surface area is 198 Å². The Morgan fingerprint density at radius 2 is 1.59 bits per heavy atom. The summed E-state index contributed by atoms with van der Waals surface area (Å²) in [6, 6.07) is 2.86. The smallest absolute Gasteiger partial charge is 0.349 e. The van der Waals surface area contributed by atoms with E-state index in [9.17, 15) is 18.0 Å². The second kappa shape index (κ2) is 13.5. The zero-order valence-electron chi connectivity index (χ0n) is 21.2. The molecule has 1 aromatic rings. The molecule has 186 valence electrons. The molecule has 2 nitrogen and oxygen atoms in total. The van der Waals surface area contributed by atoms with Crippen molar-refractivity contribution in [2.75, 3.05) is 0 Å². The topological polar surface area (TPSA) is 29.1 Å². The summed E-state index contributed by atoms with van der Waals surface area (Å²) in [5.41, 5.74) is -0.325. The van der Waals surface area contributed by atoms with E-state index in [1.807, 2.05) is 13.8 Å². The van der Waals surface area contributed by atoms with E-state index < -0.39 is 17.6 Å². The highest BCUT2D eigenvalue weighted by atomic mass is 35.5. The maximum Gasteiger partial charge on any atom is 0.416 e. The number of rotatable bonds is 7. The zero-order chi connectivity index (χ0) is 25.2. The number of benzene rings is 1. The van der Waals surface area contributed by atoms with Crippen LogP contribution >= 0.6 is 11.6 Å². The van der Waals surface area contributed by atoms with Gasteiger partial charge < -0.3 is 5.32 Å². The zero-order valence-corrected chi connectivity index (χ0v) is 21.9. The van der Waals surface area contributed by atoms with Crippen LogP contribution in [-0.2, 0) is 6.18 Å². The van der Waals surface area contributed by atoms with Gasteiger partial charge in [0, 0.05) is 6.04 Å². The summed E-state index contributed by atoms with van der Waals surface area (Å²) in [5.74, 6) is -0.528. The summed E-state index contributed by atoms with van der Waals surface area (Å²) in [6.07, 6.45) is 3.12. The van der Waals surface area contributed by atoms with Gasteiger partial charge in [-0.3, -0.25) is 4.79 Å². The first-order valence-electron chi connectivity index (χ1n) is 12.0. The van der Waals surface area contributed by atoms with Crippen LogP contribution in [0.3, 0.4) is 0 Å². The molecule has 1 N–H and O–H groups in total. The summed E-state index contributed by atoms with van der Waals surface area (Å²) in [7, 11) is 0. The van der Waals surface area contributed by atoms with Crippen LogP contribution in [0.2, 0.25) is 5.02 Å². The number of carbonyl (C=O) groups is 1. The molecule has 1 aliphatic rings. The fourth-order valence-corrected chi connectivity index (χ4v) is 4.29. The molecule has 0 saturated heterocycles. The molecule has 0 radical (unpaired) electrons. The van der Waals surface area contributed by atoms with E-state index in [1.54, 1.807) is 0 Å². The van der Waals surface area contributed by atoms with Crippen LogP contribution in [0.1, 0.15) is 116 Å². The molecule has 0 bridgehead atoms. The lowest BCUT2D eigenvalue weighted by Gasteiger charge is -2.16. The third-order valence-corrected chi connectivity index (χ3v) is 5.86. The minimum Gasteiger partial charge on any atom is -0.349 e. The molecule has 1 aliphatic carbocycles. The van der Waals surface area contributed by atoms with Crippen LogP contribution in [-0.4, -0.2) is 11.9 Å². The van der Waals surface area contributed by atoms with Crippen LogP contribution in [0.4, 0.5) is 13.2 Å². The minimum atomic E-state index is -4.49. The number of amides is 1. The van der Waals surface area contributed by atoms with Crippen LogP contribution < -0.4 is 5.32 Å². The van der Waals surface area contributed by atoms with Gasteiger partial charge in [-0.25, -0.2) is 0 Å². The first kappa shape index (κ1) is 30.8. The highest BCUT2D eigenvalue weighted by Crippen LogP contribution is 2.53. The predicted octanol–water partition coefficient (Wildman–Crippen LogP) is 9.31. The van der Waals surface area contributed by atoms with Crippen molar-refractivity contribution in [3.05, 3.63) is 34.3 Å². The third kappa shape index (κ3) is 10.1. The SMILES string of the molecule is CC.CCCC(C)(C)C.CCCC1(CCC)CC1NC(=O)c1cc(C(F)(F)F)ccc1Cl. The Morgan fingerprint density at radius 3 is 1.97 bits per heavy atom. The maximum atomic E-state index is 12.8. The average molecular weight is 478 g/mol. The number of alkyl halides is 3. The van der Waals surface area contributed by atoms with E-state index in [4.69, 9.17) is 11.6 Å². The predicted molar refractivity (Wildman–Crippen MR) is 130 cm³/mol. The van der Waals surface area contributed by atoms with E-state index in [0.29, 0.717) is 5.41 Å². The number of hydrogen-bond acceptors (Lipinski definition) is 1. The van der Waals surface area contributed by atoms with E-state index in [-0.39, 0.29) is 22.0 Å². The van der Waals surface area contributed by atoms with E-state index in [1.165, 1.54) is 12.8 Å². The standard InChI is InChI=1S/C17H21ClF3NO.C7H16.C2H6/c1-3-7-16(8-4-2)10-14(16)22-15(23)12-9-11(17(19,20)21)5-6-13(12)18;1-5-6-7(2,3)4;1-2/h5-6,9,14H,3-4,7-8,10H2,1-2H3,(H,22,23);5-6H2,1-4H3;1-2H3. The normalized spacial score (nSPS) is 16.8. The lowest BCUT2D eigenvalue weighted by molar-refractivity contribution is -0.137. The van der Waals surface area contributed by atoms with Crippen LogP contribution in [0.15, 0.2) is 18.2 Å². The molecule has 0 spiro atoms. The van der Waals surface area contributed by atoms with Crippen LogP contribution in [0.5, 0.6) is 0 Å². The largest absolute Gasteiger partial charge is 0.416 e. The molecule has 0 aromatic heterocycles. The van der Waals surface area contributed by atoms with E-state index >= 15 is 0 Å². The Balaban J connectivity index is 0.000000911. The molecular weight excluding hydrogens is 435 g/mol. The quantitative estimate of drug-likeness (QED) is 0.416. The van der Waals surface area contributed by atoms with Gasteiger partial charge in [0.2, 0.25) is 0 Å². The summed E-state index contributed by atoms with van der Waals surface area (Å²) in [5, 5.41) is 2.89. The highest BCUT2D eigenvalue weighted by Gasteiger charge is 2.53. The molecule has 6 heteroatoms. The number of carbonyl (C=O) groups excluding carboxylic acids is 1. The highest BCUT2D eigenvalue weighted by molar-refractivity contribution is 6.33. The second-order valence-electron chi connectivity index (χ2n) is 9.60. The first-order chi connectivity index (χ1) is 14.8. The Bertz CT molecular complexity index is 689. The number of hydrogen-bond donors (Lipinski definition) is 1. The molecular formula is C26H43ClF3NO. The molecule has 1 aromatic carbocycles. The van der Waals surface area contributed by atoms with Crippen molar-refractivity contribution in [2.24, 2.45) is 10.8 Å². The first-order valence-corrected chi connectivity index (χ1v) is 12.3. The van der Waals surface area contributed by atoms with E-state index in [0.717, 1.165) is 50.3 Å². The van der Waals surface area contributed by atoms with Gasteiger partial charge >= 0.3 is 6.18 Å². The van der Waals surface area contributed by atoms with Gasteiger partial charge in [0.15, 0.2) is 0 Å². The van der Waals surface area contributed by atoms with Crippen molar-refractivity contribution < 1.29 is 18.0 Å². The van der Waals surface area contributed by atoms with Crippen molar-refractivity contribution >= 4 is 17.5 Å². The lowest BCUT2D eigenvalue weighted by Crippen LogP contribution is -2.30. The third-order valence-electron chi connectivity index (χ3n) is 5.53. The van der Waals surface area contributed by atoms with Gasteiger partial charge in [-0.2, -0.15) is 13.2 Å². The molecule has 1 saturated carbocycles. The number of halogens is 4. The second-order valence-corrected chi connectivity index (χ2v) is 10.0. The van der Waals surface area contributed by atoms with Gasteiger partial charge in [0.05, 0.1) is 16.1 Å². The van der Waals surface area contributed by atoms with Crippen molar-refractivity contribution in [1.29, 1.82) is 0 Å². The Hall–Kier alpha value is -1.23. The summed E-state index contributed by atoms with van der Waals surface area (Å²) < 4.78 is 38.4. The molecule has 0 heterocycles. The summed E-state index contributed by atoms with van der Waals surface area (Å²) in [4.78, 5) is 12.3. The van der Waals surface area contributed by atoms with Gasteiger partial charge in [-0.1, -0.05) is 86.3 Å². The molecule has 1 fully saturated rings. The fourth-order valence-electron chi connectivity index (χ4n) is 4.09. The average Bonchev–Trinajstić information content (AvgIpc) is 3.34. The van der Waals surface area contributed by atoms with E-state index in [2.05, 4.69) is 46.9 Å². The Morgan fingerprint density at radius 1 is 1.06 bits per heavy atom. The van der Waals surface area contributed by atoms with Gasteiger partial charge in [-0.15, -0.1) is 0 Å². The summed E-state index contributed by atoms with van der Waals surface area (Å²) >= 11 is 5.91. The fraction of sp³-hybridized carbons (Fsp3) is 0.731. The molecule has 1 amide bonds. The Kier molecular flexibility index (Phi) is 13.0. The monoisotopic (exact) mass is 477 g/mol. The summed E-state index contributed by atoms with van der Waals surface area (Å²) in [6.45, 7) is 17.2. The van der Waals surface area contributed by atoms with Crippen molar-refractivity contribution in [2.45, 2.75) is 113 Å². The molecule has 0 aliphatic heterocycles. The van der Waals surface area contributed by atoms with Crippen molar-refractivity contribution in [1.82, 2.24) is 5.32 Å². The van der Waals surface area contributed by atoms with Gasteiger partial charge in [-0.05, 0) is 54.7 Å². The molecule has 1 unspecified atom stereocenters. The molecule has 2 rings (SSSR count). The maximum absolute atomic E-state index is 12.8. The van der Waals surface area contributed by atoms with Crippen LogP contribution in [0, 0.1) is 10.8 Å². The van der Waals surface area contributed by atoms with Crippen molar-refractivity contribution in [3.63, 3.8) is 0 Å². The minimum absolute atomic E-state index is 0.0282. The van der Waals surface area contributed by atoms with Crippen molar-refractivity contribution in [3.8, 4) is 0 Å². The lowest BCUT2D eigenvalue weighted by atomic mass is 9.91. The van der Waals surface area contributed by atoms with Gasteiger partial charge in [0.1, 0.15) is 0 Å². The number of nitrogens with one attached hydrogen (secondary N) is 1. The van der Waals surface area contributed by atoms with Crippen LogP contribution in [0.25, 0.3) is 0 Å².